The van der Waals surface area contributed by atoms with Crippen LogP contribution in [0.3, 0.4) is 0 Å². The number of carboxylic acids is 1. The molecule has 0 spiro atoms. The standard InChI is InChI=1S/C15H27NO3/c1-3-7-12(2)16-13(17)10-15(11-14(18)19)8-5-4-6-9-15/h12H,3-11H2,1-2H3,(H,16,17)(H,18,19). The second-order valence-corrected chi connectivity index (χ2v) is 6.07. The van der Waals surface area contributed by atoms with Crippen LogP contribution in [0.15, 0.2) is 0 Å². The Morgan fingerprint density at radius 3 is 2.37 bits per heavy atom. The van der Waals surface area contributed by atoms with Crippen LogP contribution >= 0.6 is 0 Å². The second-order valence-electron chi connectivity index (χ2n) is 6.07. The fourth-order valence-corrected chi connectivity index (χ4v) is 3.21. The molecule has 0 radical (unpaired) electrons. The number of carbonyl (C=O) groups excluding carboxylic acids is 1. The van der Waals surface area contributed by atoms with Gasteiger partial charge in [-0.25, -0.2) is 0 Å². The predicted molar refractivity (Wildman–Crippen MR) is 74.9 cm³/mol. The lowest BCUT2D eigenvalue weighted by Crippen LogP contribution is -2.38. The maximum Gasteiger partial charge on any atom is 0.303 e. The van der Waals surface area contributed by atoms with Crippen LogP contribution in [-0.2, 0) is 9.59 Å². The fraction of sp³-hybridized carbons (Fsp3) is 0.867. The van der Waals surface area contributed by atoms with Crippen LogP contribution in [0.4, 0.5) is 0 Å². The first-order valence-corrected chi connectivity index (χ1v) is 7.48. The number of hydrogen-bond donors (Lipinski definition) is 2. The normalized spacial score (nSPS) is 19.7. The van der Waals surface area contributed by atoms with E-state index in [1.807, 2.05) is 6.92 Å². The van der Waals surface area contributed by atoms with Crippen LogP contribution in [0.1, 0.15) is 71.6 Å². The van der Waals surface area contributed by atoms with Crippen LogP contribution in [0.2, 0.25) is 0 Å². The smallest absolute Gasteiger partial charge is 0.303 e. The van der Waals surface area contributed by atoms with Crippen molar-refractivity contribution in [3.05, 3.63) is 0 Å². The Balaban J connectivity index is 2.56. The van der Waals surface area contributed by atoms with Gasteiger partial charge in [-0.1, -0.05) is 32.6 Å². The molecule has 1 amide bonds. The average Bonchev–Trinajstić information content (AvgIpc) is 2.28. The molecule has 1 saturated carbocycles. The predicted octanol–water partition coefficient (Wildman–Crippen LogP) is 3.11. The molecule has 0 saturated heterocycles. The average molecular weight is 269 g/mol. The molecule has 0 aromatic rings. The molecule has 0 aromatic heterocycles. The third kappa shape index (κ3) is 5.62. The number of nitrogens with one attached hydrogen (secondary N) is 1. The number of hydrogen-bond acceptors (Lipinski definition) is 2. The fourth-order valence-electron chi connectivity index (χ4n) is 3.21. The van der Waals surface area contributed by atoms with Crippen molar-refractivity contribution in [2.75, 3.05) is 0 Å². The lowest BCUT2D eigenvalue weighted by Gasteiger charge is -2.35. The van der Waals surface area contributed by atoms with Crippen molar-refractivity contribution in [1.82, 2.24) is 5.32 Å². The lowest BCUT2D eigenvalue weighted by molar-refractivity contribution is -0.141. The van der Waals surface area contributed by atoms with Gasteiger partial charge in [0.2, 0.25) is 5.91 Å². The highest BCUT2D eigenvalue weighted by Crippen LogP contribution is 2.42. The van der Waals surface area contributed by atoms with Gasteiger partial charge in [0.1, 0.15) is 0 Å². The van der Waals surface area contributed by atoms with E-state index in [1.54, 1.807) is 0 Å². The summed E-state index contributed by atoms with van der Waals surface area (Å²) < 4.78 is 0. The van der Waals surface area contributed by atoms with Gasteiger partial charge >= 0.3 is 5.97 Å². The van der Waals surface area contributed by atoms with E-state index in [0.717, 1.165) is 44.9 Å². The summed E-state index contributed by atoms with van der Waals surface area (Å²) in [7, 11) is 0. The number of rotatable bonds is 7. The maximum absolute atomic E-state index is 12.1. The Hall–Kier alpha value is -1.06. The minimum Gasteiger partial charge on any atom is -0.481 e. The molecule has 110 valence electrons. The third-order valence-corrected chi connectivity index (χ3v) is 4.11. The van der Waals surface area contributed by atoms with Gasteiger partial charge in [0, 0.05) is 12.5 Å². The van der Waals surface area contributed by atoms with Crippen LogP contribution in [0, 0.1) is 5.41 Å². The number of aliphatic carboxylic acids is 1. The van der Waals surface area contributed by atoms with E-state index in [0.29, 0.717) is 6.42 Å². The van der Waals surface area contributed by atoms with Crippen molar-refractivity contribution in [2.24, 2.45) is 5.41 Å². The molecule has 1 atom stereocenters. The quantitative estimate of drug-likeness (QED) is 0.746. The maximum atomic E-state index is 12.1. The van der Waals surface area contributed by atoms with Gasteiger partial charge in [-0.05, 0) is 31.6 Å². The van der Waals surface area contributed by atoms with E-state index < -0.39 is 5.97 Å². The zero-order valence-electron chi connectivity index (χ0n) is 12.2. The first-order chi connectivity index (χ1) is 8.97. The van der Waals surface area contributed by atoms with Crippen LogP contribution in [-0.4, -0.2) is 23.0 Å². The summed E-state index contributed by atoms with van der Waals surface area (Å²) in [6.07, 6.45) is 7.50. The Bertz CT molecular complexity index is 309. The van der Waals surface area contributed by atoms with E-state index in [9.17, 15) is 9.59 Å². The Morgan fingerprint density at radius 1 is 1.21 bits per heavy atom. The van der Waals surface area contributed by atoms with Gasteiger partial charge in [0.05, 0.1) is 6.42 Å². The van der Waals surface area contributed by atoms with Crippen molar-refractivity contribution < 1.29 is 14.7 Å². The minimum absolute atomic E-state index is 0.0177. The molecule has 4 nitrogen and oxygen atoms in total. The highest BCUT2D eigenvalue weighted by atomic mass is 16.4. The molecule has 4 heteroatoms. The minimum atomic E-state index is -0.781. The first-order valence-electron chi connectivity index (χ1n) is 7.48. The number of carboxylic acid groups (broad SMARTS) is 1. The summed E-state index contributed by atoms with van der Waals surface area (Å²) in [5.74, 6) is -0.764. The van der Waals surface area contributed by atoms with Gasteiger partial charge in [-0.3, -0.25) is 9.59 Å². The summed E-state index contributed by atoms with van der Waals surface area (Å²) in [5.41, 5.74) is -0.305. The van der Waals surface area contributed by atoms with Gasteiger partial charge in [-0.15, -0.1) is 0 Å². The molecule has 2 N–H and O–H groups in total. The summed E-state index contributed by atoms with van der Waals surface area (Å²) in [5, 5.41) is 12.1. The molecule has 0 aliphatic heterocycles. The van der Waals surface area contributed by atoms with Gasteiger partial charge in [0.15, 0.2) is 0 Å². The molecule has 0 aromatic carbocycles. The van der Waals surface area contributed by atoms with E-state index in [-0.39, 0.29) is 23.8 Å². The molecule has 1 aliphatic carbocycles. The molecule has 1 unspecified atom stereocenters. The zero-order chi connectivity index (χ0) is 14.3. The van der Waals surface area contributed by atoms with Gasteiger partial charge in [0.25, 0.3) is 0 Å². The van der Waals surface area contributed by atoms with Crippen molar-refractivity contribution in [3.63, 3.8) is 0 Å². The van der Waals surface area contributed by atoms with Crippen molar-refractivity contribution in [2.45, 2.75) is 77.7 Å². The lowest BCUT2D eigenvalue weighted by atomic mass is 9.69. The summed E-state index contributed by atoms with van der Waals surface area (Å²) in [6, 6.07) is 0.183. The number of amides is 1. The summed E-state index contributed by atoms with van der Waals surface area (Å²) in [4.78, 5) is 23.1. The van der Waals surface area contributed by atoms with E-state index in [4.69, 9.17) is 5.11 Å². The largest absolute Gasteiger partial charge is 0.481 e. The highest BCUT2D eigenvalue weighted by Gasteiger charge is 2.36. The third-order valence-electron chi connectivity index (χ3n) is 4.11. The summed E-state index contributed by atoms with van der Waals surface area (Å²) >= 11 is 0. The van der Waals surface area contributed by atoms with E-state index >= 15 is 0 Å². The first kappa shape index (κ1) is 16.0. The Labute approximate surface area is 116 Å². The molecule has 0 bridgehead atoms. The molecule has 1 rings (SSSR count). The molecule has 19 heavy (non-hydrogen) atoms. The van der Waals surface area contributed by atoms with Crippen LogP contribution in [0.5, 0.6) is 0 Å². The second kappa shape index (κ2) is 7.51. The highest BCUT2D eigenvalue weighted by molar-refractivity contribution is 5.78. The van der Waals surface area contributed by atoms with Crippen LogP contribution in [0.25, 0.3) is 0 Å². The van der Waals surface area contributed by atoms with E-state index in [2.05, 4.69) is 12.2 Å². The summed E-state index contributed by atoms with van der Waals surface area (Å²) in [6.45, 7) is 4.10. The van der Waals surface area contributed by atoms with Crippen molar-refractivity contribution >= 4 is 11.9 Å². The molecule has 1 aliphatic rings. The van der Waals surface area contributed by atoms with Crippen molar-refractivity contribution in [1.29, 1.82) is 0 Å². The monoisotopic (exact) mass is 269 g/mol. The van der Waals surface area contributed by atoms with Gasteiger partial charge in [-0.2, -0.15) is 0 Å². The van der Waals surface area contributed by atoms with Crippen LogP contribution < -0.4 is 5.32 Å². The Morgan fingerprint density at radius 2 is 1.84 bits per heavy atom. The molecular weight excluding hydrogens is 242 g/mol. The molecule has 0 heterocycles. The topological polar surface area (TPSA) is 66.4 Å². The van der Waals surface area contributed by atoms with Crippen molar-refractivity contribution in [3.8, 4) is 0 Å². The van der Waals surface area contributed by atoms with Gasteiger partial charge < -0.3 is 10.4 Å². The molecular formula is C15H27NO3. The van der Waals surface area contributed by atoms with E-state index in [1.165, 1.54) is 0 Å². The zero-order valence-corrected chi connectivity index (χ0v) is 12.2. The Kier molecular flexibility index (Phi) is 6.32. The molecule has 1 fully saturated rings. The SMILES string of the molecule is CCCC(C)NC(=O)CC1(CC(=O)O)CCCCC1. The number of carbonyl (C=O) groups is 2.